The number of piperazine rings is 1. The van der Waals surface area contributed by atoms with E-state index in [1.165, 1.54) is 23.9 Å². The van der Waals surface area contributed by atoms with Gasteiger partial charge in [0.25, 0.3) is 0 Å². The van der Waals surface area contributed by atoms with Crippen molar-refractivity contribution in [3.63, 3.8) is 0 Å². The van der Waals surface area contributed by atoms with Crippen molar-refractivity contribution in [2.45, 2.75) is 56.8 Å². The summed E-state index contributed by atoms with van der Waals surface area (Å²) in [7, 11) is 0. The molecule has 1 amide bonds. The van der Waals surface area contributed by atoms with Crippen molar-refractivity contribution in [1.82, 2.24) is 14.5 Å². The first-order valence-corrected chi connectivity index (χ1v) is 15.2. The van der Waals surface area contributed by atoms with Crippen LogP contribution in [0.3, 0.4) is 0 Å². The molecule has 2 aromatic carbocycles. The van der Waals surface area contributed by atoms with Crippen molar-refractivity contribution < 1.29 is 18.3 Å². The molecule has 3 aromatic rings. The topological polar surface area (TPSA) is 67.7 Å². The third-order valence-electron chi connectivity index (χ3n) is 7.43. The third-order valence-corrected chi connectivity index (χ3v) is 9.25. The number of amides is 1. The molecular formula is C29H30Cl2F2N4O3S. The highest BCUT2D eigenvalue weighted by molar-refractivity contribution is 7.99. The number of carbonyl (C=O) groups excluding carboxylic acids is 1. The lowest BCUT2D eigenvalue weighted by atomic mass is 10.0. The summed E-state index contributed by atoms with van der Waals surface area (Å²) in [5, 5.41) is 0.591. The molecule has 5 rings (SSSR count). The highest BCUT2D eigenvalue weighted by Gasteiger charge is 2.35. The Bertz CT molecular complexity index is 1590. The second-order valence-corrected chi connectivity index (χ2v) is 12.2. The fourth-order valence-corrected chi connectivity index (χ4v) is 7.53. The first-order valence-electron chi connectivity index (χ1n) is 13.4. The first-order chi connectivity index (χ1) is 19.5. The lowest BCUT2D eigenvalue weighted by Gasteiger charge is -2.44. The van der Waals surface area contributed by atoms with Crippen LogP contribution in [0.15, 0.2) is 40.5 Å². The lowest BCUT2D eigenvalue weighted by molar-refractivity contribution is -0.130. The maximum Gasteiger partial charge on any atom is 0.350 e. The number of anilines is 1. The molecule has 12 heteroatoms. The molecule has 1 saturated heterocycles. The van der Waals surface area contributed by atoms with Gasteiger partial charge in [0.05, 0.1) is 28.2 Å². The Balaban J connectivity index is 1.74. The normalized spacial score (nSPS) is 20.8. The Hall–Kier alpha value is -2.66. The van der Waals surface area contributed by atoms with Gasteiger partial charge >= 0.3 is 5.69 Å². The summed E-state index contributed by atoms with van der Waals surface area (Å²) in [6, 6.07) is 3.28. The Morgan fingerprint density at radius 3 is 2.51 bits per heavy atom. The molecule has 0 saturated carbocycles. The molecule has 0 spiro atoms. The molecule has 1 aromatic heterocycles. The zero-order chi connectivity index (χ0) is 29.6. The van der Waals surface area contributed by atoms with Crippen LogP contribution in [0, 0.1) is 11.6 Å². The number of halogens is 4. The van der Waals surface area contributed by atoms with Crippen molar-refractivity contribution in [2.24, 2.45) is 0 Å². The minimum Gasteiger partial charge on any atom is -0.375 e. The molecular weight excluding hydrogens is 593 g/mol. The third kappa shape index (κ3) is 5.47. The molecule has 0 radical (unpaired) electrons. The molecule has 2 aliphatic heterocycles. The molecule has 0 bridgehead atoms. The SMILES string of the molecule is C=CC(=O)N1[C@H](C)CN(c2nc(=O)n3c4c(c(-c5cc(Cl)c(F)cc5F)c(Cl)cc24)SCC(OCCC)C3)C[C@@H]1C. The van der Waals surface area contributed by atoms with E-state index in [2.05, 4.69) is 11.6 Å². The first kappa shape index (κ1) is 29.8. The number of carbonyl (C=O) groups is 1. The van der Waals surface area contributed by atoms with Crippen molar-refractivity contribution in [1.29, 1.82) is 0 Å². The minimum absolute atomic E-state index is 0.0369. The van der Waals surface area contributed by atoms with E-state index < -0.39 is 17.3 Å². The van der Waals surface area contributed by atoms with Gasteiger partial charge in [-0.1, -0.05) is 36.7 Å². The Morgan fingerprint density at radius 1 is 1.15 bits per heavy atom. The van der Waals surface area contributed by atoms with Crippen molar-refractivity contribution in [2.75, 3.05) is 30.3 Å². The zero-order valence-corrected chi connectivity index (χ0v) is 25.3. The number of benzene rings is 2. The van der Waals surface area contributed by atoms with E-state index >= 15 is 4.39 Å². The predicted octanol–water partition coefficient (Wildman–Crippen LogP) is 6.16. The van der Waals surface area contributed by atoms with Gasteiger partial charge in [-0.3, -0.25) is 9.36 Å². The number of ether oxygens (including phenoxy) is 1. The van der Waals surface area contributed by atoms with E-state index in [0.29, 0.717) is 52.6 Å². The fourth-order valence-electron chi connectivity index (χ4n) is 5.73. The van der Waals surface area contributed by atoms with Crippen LogP contribution in [0.25, 0.3) is 22.0 Å². The molecule has 0 aliphatic carbocycles. The Kier molecular flexibility index (Phi) is 8.66. The molecule has 41 heavy (non-hydrogen) atoms. The standard InChI is InChI=1S/C29H30Cl2F2N4O3S/c1-5-7-40-17-13-36-26-19(28(34-29(36)39)35-11-15(3)37(16(4)12-35)24(38)6-2)9-21(31)25(27(26)41-14-17)18-8-20(30)23(33)10-22(18)32/h6,8-10,15-17H,2,5,7,11-14H2,1,3-4H3/t15-,16+,17?. The summed E-state index contributed by atoms with van der Waals surface area (Å²) in [5.74, 6) is -0.940. The predicted molar refractivity (Wildman–Crippen MR) is 160 cm³/mol. The Morgan fingerprint density at radius 2 is 1.85 bits per heavy atom. The molecule has 0 N–H and O–H groups in total. The molecule has 3 heterocycles. The molecule has 1 fully saturated rings. The highest BCUT2D eigenvalue weighted by atomic mass is 35.5. The van der Waals surface area contributed by atoms with Gasteiger partial charge in [-0.2, -0.15) is 4.98 Å². The zero-order valence-electron chi connectivity index (χ0n) is 22.9. The number of thioether (sulfide) groups is 1. The quantitative estimate of drug-likeness (QED) is 0.242. The van der Waals surface area contributed by atoms with E-state index in [0.717, 1.165) is 12.5 Å². The molecule has 1 unspecified atom stereocenters. The van der Waals surface area contributed by atoms with E-state index in [9.17, 15) is 14.0 Å². The monoisotopic (exact) mass is 622 g/mol. The maximum atomic E-state index is 15.2. The highest BCUT2D eigenvalue weighted by Crippen LogP contribution is 2.47. The summed E-state index contributed by atoms with van der Waals surface area (Å²) in [5.41, 5.74) is 0.442. The summed E-state index contributed by atoms with van der Waals surface area (Å²) in [6.07, 6.45) is 1.81. The number of aromatic nitrogens is 2. The van der Waals surface area contributed by atoms with E-state index in [-0.39, 0.29) is 46.2 Å². The van der Waals surface area contributed by atoms with Crippen LogP contribution < -0.4 is 10.6 Å². The second kappa shape index (κ2) is 11.9. The van der Waals surface area contributed by atoms with Gasteiger partial charge in [-0.15, -0.1) is 11.8 Å². The molecule has 218 valence electrons. The van der Waals surface area contributed by atoms with Crippen molar-refractivity contribution in [3.05, 3.63) is 63.0 Å². The fraction of sp³-hybridized carbons (Fsp3) is 0.414. The molecule has 7 nitrogen and oxygen atoms in total. The van der Waals surface area contributed by atoms with Gasteiger partial charge in [-0.05, 0) is 38.5 Å². The van der Waals surface area contributed by atoms with Gasteiger partial charge < -0.3 is 14.5 Å². The van der Waals surface area contributed by atoms with Crippen molar-refractivity contribution in [3.8, 4) is 11.1 Å². The van der Waals surface area contributed by atoms with Gasteiger partial charge in [0, 0.05) is 65.0 Å². The summed E-state index contributed by atoms with van der Waals surface area (Å²) in [4.78, 5) is 35.0. The average Bonchev–Trinajstić information content (AvgIpc) is 3.12. The number of hydrogen-bond donors (Lipinski definition) is 0. The Labute approximate surface area is 251 Å². The summed E-state index contributed by atoms with van der Waals surface area (Å²) in [6.45, 7) is 11.1. The van der Waals surface area contributed by atoms with Gasteiger partial charge in [-0.25, -0.2) is 13.6 Å². The summed E-state index contributed by atoms with van der Waals surface area (Å²) >= 11 is 14.4. The van der Waals surface area contributed by atoms with E-state index in [1.807, 2.05) is 25.7 Å². The van der Waals surface area contributed by atoms with E-state index in [4.69, 9.17) is 27.9 Å². The maximum absolute atomic E-state index is 15.2. The smallest absolute Gasteiger partial charge is 0.350 e. The van der Waals surface area contributed by atoms with Gasteiger partial charge in [0.1, 0.15) is 17.5 Å². The van der Waals surface area contributed by atoms with Crippen LogP contribution in [0.5, 0.6) is 0 Å². The van der Waals surface area contributed by atoms with Crippen LogP contribution in [0.2, 0.25) is 10.0 Å². The summed E-state index contributed by atoms with van der Waals surface area (Å²) < 4.78 is 36.9. The van der Waals surface area contributed by atoms with Gasteiger partial charge in [0.15, 0.2) is 0 Å². The molecule has 3 atom stereocenters. The van der Waals surface area contributed by atoms with Crippen LogP contribution >= 0.6 is 35.0 Å². The minimum atomic E-state index is -0.878. The van der Waals surface area contributed by atoms with Crippen LogP contribution in [0.4, 0.5) is 14.6 Å². The number of rotatable bonds is 6. The van der Waals surface area contributed by atoms with Crippen LogP contribution in [-0.2, 0) is 16.1 Å². The number of hydrogen-bond acceptors (Lipinski definition) is 6. The van der Waals surface area contributed by atoms with Gasteiger partial charge in [0.2, 0.25) is 5.91 Å². The lowest BCUT2D eigenvalue weighted by Crippen LogP contribution is -2.58. The van der Waals surface area contributed by atoms with E-state index in [1.54, 1.807) is 15.5 Å². The molecule has 2 aliphatic rings. The van der Waals surface area contributed by atoms with Crippen LogP contribution in [0.1, 0.15) is 27.2 Å². The average molecular weight is 624 g/mol. The van der Waals surface area contributed by atoms with Crippen LogP contribution in [-0.4, -0.2) is 64.0 Å². The second-order valence-electron chi connectivity index (χ2n) is 10.4. The largest absolute Gasteiger partial charge is 0.375 e. The van der Waals surface area contributed by atoms with Crippen molar-refractivity contribution >= 4 is 57.6 Å². The number of nitrogens with zero attached hydrogens (tertiary/aromatic N) is 4.